The number of likely N-dealkylation sites (N-methyl/N-ethyl adjacent to an activating group) is 1. The van der Waals surface area contributed by atoms with E-state index in [1.165, 1.54) is 4.90 Å². The number of benzene rings is 2. The van der Waals surface area contributed by atoms with Gasteiger partial charge in [-0.1, -0.05) is 67.9 Å². The van der Waals surface area contributed by atoms with E-state index in [1.54, 1.807) is 30.4 Å². The lowest BCUT2D eigenvalue weighted by atomic mass is 9.98. The second kappa shape index (κ2) is 14.0. The minimum atomic E-state index is -0.802. The highest BCUT2D eigenvalue weighted by molar-refractivity contribution is 5.99. The molecule has 0 radical (unpaired) electrons. The number of rotatable bonds is 9. The number of fused-ring (bicyclic) bond motifs is 1. The lowest BCUT2D eigenvalue weighted by Crippen LogP contribution is -2.53. The molecule has 1 aliphatic heterocycles. The molecule has 0 bridgehead atoms. The van der Waals surface area contributed by atoms with E-state index in [2.05, 4.69) is 15.3 Å². The largest absolute Gasteiger partial charge is 0.339 e. The van der Waals surface area contributed by atoms with E-state index in [0.717, 1.165) is 22.1 Å². The highest BCUT2D eigenvalue weighted by atomic mass is 16.2. The summed E-state index contributed by atoms with van der Waals surface area (Å²) in [5.41, 5.74) is 3.64. The Bertz CT molecular complexity index is 1660. The molecule has 1 saturated heterocycles. The maximum absolute atomic E-state index is 13.7. The van der Waals surface area contributed by atoms with Gasteiger partial charge in [-0.3, -0.25) is 24.2 Å². The molecule has 3 heterocycles. The van der Waals surface area contributed by atoms with Gasteiger partial charge in [0.25, 0.3) is 5.91 Å². The first-order chi connectivity index (χ1) is 21.4. The average Bonchev–Trinajstić information content (AvgIpc) is 3.25. The number of Topliss-reactive ketones (excluding diaryl/α,β-unsaturated/α-hetero) is 1. The van der Waals surface area contributed by atoms with Crippen molar-refractivity contribution in [2.75, 3.05) is 20.1 Å². The lowest BCUT2D eigenvalue weighted by Gasteiger charge is -2.30. The van der Waals surface area contributed by atoms with Crippen molar-refractivity contribution >= 4 is 34.4 Å². The Balaban J connectivity index is 1.24. The number of pyridine rings is 2. The lowest BCUT2D eigenvalue weighted by molar-refractivity contribution is -0.141. The van der Waals surface area contributed by atoms with Crippen molar-refractivity contribution in [2.24, 2.45) is 0 Å². The van der Waals surface area contributed by atoms with Crippen molar-refractivity contribution < 1.29 is 19.2 Å². The van der Waals surface area contributed by atoms with Crippen LogP contribution in [0.5, 0.6) is 0 Å². The standard InChI is InChI=1S/C35H37N5O4/c1-3-10-30(38-34(43)29-18-17-24-11-5-7-15-28(24)37-29)35(44)39(2)31-16-9-20-40(23-32(31)41)33(42)21-25-12-4-6-14-27(25)26-13-8-19-36-22-26/h4-8,11-15,17-19,22,30-31H,3,9-10,16,20-21,23H2,1-2H3,(H,38,43)/t30-,31?/m0/s1. The van der Waals surface area contributed by atoms with Crippen molar-refractivity contribution in [3.63, 3.8) is 0 Å². The molecule has 4 aromatic rings. The summed E-state index contributed by atoms with van der Waals surface area (Å²) in [5, 5.41) is 3.77. The molecule has 1 fully saturated rings. The van der Waals surface area contributed by atoms with Gasteiger partial charge in [0.1, 0.15) is 11.7 Å². The quantitative estimate of drug-likeness (QED) is 0.308. The zero-order valence-corrected chi connectivity index (χ0v) is 25.1. The maximum atomic E-state index is 13.7. The monoisotopic (exact) mass is 591 g/mol. The van der Waals surface area contributed by atoms with Gasteiger partial charge < -0.3 is 15.1 Å². The van der Waals surface area contributed by atoms with Gasteiger partial charge in [0.05, 0.1) is 24.5 Å². The molecule has 9 nitrogen and oxygen atoms in total. The summed E-state index contributed by atoms with van der Waals surface area (Å²) < 4.78 is 0. The molecule has 0 aliphatic carbocycles. The fourth-order valence-electron chi connectivity index (χ4n) is 5.75. The number of carbonyl (C=O) groups is 4. The van der Waals surface area contributed by atoms with Crippen LogP contribution in [0, 0.1) is 0 Å². The molecule has 44 heavy (non-hydrogen) atoms. The first kappa shape index (κ1) is 30.5. The Hall–Kier alpha value is -4.92. The van der Waals surface area contributed by atoms with Gasteiger partial charge >= 0.3 is 0 Å². The maximum Gasteiger partial charge on any atom is 0.270 e. The summed E-state index contributed by atoms with van der Waals surface area (Å²) in [4.78, 5) is 65.4. The van der Waals surface area contributed by atoms with Crippen LogP contribution in [0.1, 0.15) is 48.7 Å². The summed E-state index contributed by atoms with van der Waals surface area (Å²) in [5.74, 6) is -1.09. The van der Waals surface area contributed by atoms with E-state index in [-0.39, 0.29) is 36.3 Å². The molecule has 226 valence electrons. The molecular weight excluding hydrogens is 554 g/mol. The molecule has 9 heteroatoms. The molecular formula is C35H37N5O4. The van der Waals surface area contributed by atoms with Crippen molar-refractivity contribution in [3.8, 4) is 11.1 Å². The molecule has 2 aromatic heterocycles. The van der Waals surface area contributed by atoms with Crippen molar-refractivity contribution in [1.29, 1.82) is 0 Å². The third-order valence-corrected chi connectivity index (χ3v) is 8.14. The first-order valence-corrected chi connectivity index (χ1v) is 15.1. The number of ketones is 1. The number of amides is 3. The van der Waals surface area contributed by atoms with Crippen LogP contribution in [-0.2, 0) is 20.8 Å². The van der Waals surface area contributed by atoms with Crippen molar-refractivity contribution in [3.05, 3.63) is 96.4 Å². The van der Waals surface area contributed by atoms with Gasteiger partial charge in [0.2, 0.25) is 11.8 Å². The van der Waals surface area contributed by atoms with Gasteiger partial charge in [-0.2, -0.15) is 0 Å². The molecule has 2 atom stereocenters. The minimum Gasteiger partial charge on any atom is -0.339 e. The first-order valence-electron chi connectivity index (χ1n) is 15.1. The summed E-state index contributed by atoms with van der Waals surface area (Å²) in [7, 11) is 1.61. The number of nitrogens with zero attached hydrogens (tertiary/aromatic N) is 4. The number of aromatic nitrogens is 2. The highest BCUT2D eigenvalue weighted by Gasteiger charge is 2.35. The molecule has 1 N–H and O–H groups in total. The van der Waals surface area contributed by atoms with Crippen LogP contribution < -0.4 is 5.32 Å². The Morgan fingerprint density at radius 3 is 2.61 bits per heavy atom. The summed E-state index contributed by atoms with van der Waals surface area (Å²) in [6, 6.07) is 21.0. The molecule has 0 saturated carbocycles. The van der Waals surface area contributed by atoms with E-state index >= 15 is 0 Å². The Kier molecular flexibility index (Phi) is 9.74. The SMILES string of the molecule is CCC[C@H](NC(=O)c1ccc2ccccc2n1)C(=O)N(C)C1CCCN(C(=O)Cc2ccccc2-c2cccnc2)CC1=O. The Morgan fingerprint density at radius 1 is 1.02 bits per heavy atom. The number of likely N-dealkylation sites (tertiary alicyclic amines) is 1. The van der Waals surface area contributed by atoms with Crippen LogP contribution in [0.3, 0.4) is 0 Å². The summed E-state index contributed by atoms with van der Waals surface area (Å²) in [6.45, 7) is 2.30. The fourth-order valence-corrected chi connectivity index (χ4v) is 5.75. The Morgan fingerprint density at radius 2 is 1.82 bits per heavy atom. The van der Waals surface area contributed by atoms with E-state index < -0.39 is 18.0 Å². The third-order valence-electron chi connectivity index (χ3n) is 8.14. The van der Waals surface area contributed by atoms with E-state index in [1.807, 2.05) is 73.7 Å². The zero-order valence-electron chi connectivity index (χ0n) is 25.1. The van der Waals surface area contributed by atoms with Crippen LogP contribution >= 0.6 is 0 Å². The summed E-state index contributed by atoms with van der Waals surface area (Å²) >= 11 is 0. The van der Waals surface area contributed by atoms with E-state index in [4.69, 9.17) is 0 Å². The zero-order chi connectivity index (χ0) is 31.1. The molecule has 1 unspecified atom stereocenters. The van der Waals surface area contributed by atoms with E-state index in [9.17, 15) is 19.2 Å². The second-order valence-electron chi connectivity index (χ2n) is 11.2. The van der Waals surface area contributed by atoms with Gasteiger partial charge in [-0.15, -0.1) is 0 Å². The second-order valence-corrected chi connectivity index (χ2v) is 11.2. The normalized spacial score (nSPS) is 15.8. The highest BCUT2D eigenvalue weighted by Crippen LogP contribution is 2.24. The number of carbonyl (C=O) groups excluding carboxylic acids is 4. The summed E-state index contributed by atoms with van der Waals surface area (Å²) in [6.07, 6.45) is 5.74. The molecule has 5 rings (SSSR count). The average molecular weight is 592 g/mol. The van der Waals surface area contributed by atoms with Gasteiger partial charge in [-0.25, -0.2) is 4.98 Å². The van der Waals surface area contributed by atoms with Crippen LogP contribution in [-0.4, -0.2) is 75.5 Å². The van der Waals surface area contributed by atoms with Crippen LogP contribution in [0.4, 0.5) is 0 Å². The topological polar surface area (TPSA) is 113 Å². The number of hydrogen-bond donors (Lipinski definition) is 1. The van der Waals surface area contributed by atoms with Crippen molar-refractivity contribution in [2.45, 2.75) is 51.1 Å². The third kappa shape index (κ3) is 6.99. The van der Waals surface area contributed by atoms with Crippen molar-refractivity contribution in [1.82, 2.24) is 25.1 Å². The van der Waals surface area contributed by atoms with Gasteiger partial charge in [0.15, 0.2) is 5.78 Å². The molecule has 0 spiro atoms. The smallest absolute Gasteiger partial charge is 0.270 e. The molecule has 1 aliphatic rings. The van der Waals surface area contributed by atoms with Gasteiger partial charge in [-0.05, 0) is 48.6 Å². The number of nitrogens with one attached hydrogen (secondary N) is 1. The van der Waals surface area contributed by atoms with E-state index in [0.29, 0.717) is 37.7 Å². The number of para-hydroxylation sites is 1. The van der Waals surface area contributed by atoms with Crippen LogP contribution in [0.25, 0.3) is 22.0 Å². The predicted molar refractivity (Wildman–Crippen MR) is 169 cm³/mol. The number of hydrogen-bond acceptors (Lipinski definition) is 6. The van der Waals surface area contributed by atoms with Crippen LogP contribution in [0.15, 0.2) is 85.2 Å². The molecule has 2 aromatic carbocycles. The predicted octanol–water partition coefficient (Wildman–Crippen LogP) is 4.46. The minimum absolute atomic E-state index is 0.0675. The fraction of sp³-hybridized carbons (Fsp3) is 0.314. The Labute approximate surface area is 257 Å². The van der Waals surface area contributed by atoms with Crippen LogP contribution in [0.2, 0.25) is 0 Å². The molecule has 3 amide bonds. The van der Waals surface area contributed by atoms with Gasteiger partial charge in [0, 0.05) is 36.9 Å².